The number of nitrogens with zero attached hydrogens (tertiary/aromatic N) is 2. The first-order valence-electron chi connectivity index (χ1n) is 4.76. The van der Waals surface area contributed by atoms with Crippen LogP contribution in [0, 0.1) is 11.3 Å². The average Bonchev–Trinajstić information content (AvgIpc) is 2.28. The third-order valence-electron chi connectivity index (χ3n) is 2.28. The molecule has 1 aromatic heterocycles. The van der Waals surface area contributed by atoms with Crippen molar-refractivity contribution in [2.75, 3.05) is 0 Å². The molecule has 0 saturated heterocycles. The van der Waals surface area contributed by atoms with Gasteiger partial charge in [-0.05, 0) is 12.1 Å². The molecule has 0 amide bonds. The van der Waals surface area contributed by atoms with Crippen LogP contribution in [0.25, 0.3) is 0 Å². The molecule has 0 bridgehead atoms. The van der Waals surface area contributed by atoms with Gasteiger partial charge in [0.05, 0.1) is 24.6 Å². The molecular weight excluding hydrogens is 224 g/mol. The Morgan fingerprint density at radius 2 is 1.88 bits per heavy atom. The SMILES string of the molecule is N#CC(CC(=O)O)(CC(=O)O)c1ccccn1. The molecule has 0 saturated carbocycles. The van der Waals surface area contributed by atoms with Crippen molar-refractivity contribution in [1.29, 1.82) is 5.26 Å². The van der Waals surface area contributed by atoms with Crippen LogP contribution in [0.3, 0.4) is 0 Å². The van der Waals surface area contributed by atoms with Crippen molar-refractivity contribution < 1.29 is 19.8 Å². The van der Waals surface area contributed by atoms with Crippen LogP contribution in [0.4, 0.5) is 0 Å². The second kappa shape index (κ2) is 5.07. The van der Waals surface area contributed by atoms with E-state index in [1.807, 2.05) is 0 Å². The smallest absolute Gasteiger partial charge is 0.305 e. The number of rotatable bonds is 5. The summed E-state index contributed by atoms with van der Waals surface area (Å²) in [4.78, 5) is 25.4. The molecule has 0 unspecified atom stereocenters. The second-order valence-electron chi connectivity index (χ2n) is 3.55. The Hall–Kier alpha value is -2.42. The van der Waals surface area contributed by atoms with Gasteiger partial charge < -0.3 is 10.2 Å². The Labute approximate surface area is 97.1 Å². The third kappa shape index (κ3) is 3.01. The van der Waals surface area contributed by atoms with E-state index < -0.39 is 30.2 Å². The van der Waals surface area contributed by atoms with Gasteiger partial charge in [-0.25, -0.2) is 0 Å². The van der Waals surface area contributed by atoms with Gasteiger partial charge in [0.25, 0.3) is 0 Å². The highest BCUT2D eigenvalue weighted by Crippen LogP contribution is 2.29. The van der Waals surface area contributed by atoms with Crippen molar-refractivity contribution in [1.82, 2.24) is 4.98 Å². The second-order valence-corrected chi connectivity index (χ2v) is 3.55. The summed E-state index contributed by atoms with van der Waals surface area (Å²) in [5.74, 6) is -2.48. The number of aromatic nitrogens is 1. The topological polar surface area (TPSA) is 111 Å². The molecule has 2 N–H and O–H groups in total. The molecule has 0 aliphatic rings. The average molecular weight is 234 g/mol. The van der Waals surface area contributed by atoms with Crippen LogP contribution in [0.15, 0.2) is 24.4 Å². The van der Waals surface area contributed by atoms with Crippen molar-refractivity contribution in [2.45, 2.75) is 18.3 Å². The van der Waals surface area contributed by atoms with E-state index in [0.29, 0.717) is 0 Å². The minimum Gasteiger partial charge on any atom is -0.481 e. The van der Waals surface area contributed by atoms with Gasteiger partial charge in [0, 0.05) is 6.20 Å². The Bertz CT molecular complexity index is 448. The molecule has 0 atom stereocenters. The van der Waals surface area contributed by atoms with Gasteiger partial charge in [0.1, 0.15) is 5.41 Å². The van der Waals surface area contributed by atoms with Gasteiger partial charge in [-0.1, -0.05) is 6.07 Å². The third-order valence-corrected chi connectivity index (χ3v) is 2.28. The highest BCUT2D eigenvalue weighted by Gasteiger charge is 2.38. The molecule has 1 rings (SSSR count). The quantitative estimate of drug-likeness (QED) is 0.779. The summed E-state index contributed by atoms with van der Waals surface area (Å²) in [5.41, 5.74) is -1.47. The predicted octanol–water partition coefficient (Wildman–Crippen LogP) is 0.792. The van der Waals surface area contributed by atoms with E-state index in [9.17, 15) is 9.59 Å². The molecule has 0 fully saturated rings. The molecule has 6 nitrogen and oxygen atoms in total. The number of pyridine rings is 1. The lowest BCUT2D eigenvalue weighted by Crippen LogP contribution is -2.31. The Morgan fingerprint density at radius 3 is 2.24 bits per heavy atom. The Balaban J connectivity index is 3.21. The highest BCUT2D eigenvalue weighted by atomic mass is 16.4. The lowest BCUT2D eigenvalue weighted by atomic mass is 9.79. The molecule has 1 aromatic rings. The molecule has 1 heterocycles. The van der Waals surface area contributed by atoms with Crippen LogP contribution < -0.4 is 0 Å². The number of hydrogen-bond acceptors (Lipinski definition) is 4. The van der Waals surface area contributed by atoms with E-state index in [0.717, 1.165) is 0 Å². The summed E-state index contributed by atoms with van der Waals surface area (Å²) >= 11 is 0. The highest BCUT2D eigenvalue weighted by molar-refractivity contribution is 5.75. The summed E-state index contributed by atoms with van der Waals surface area (Å²) < 4.78 is 0. The molecule has 0 spiro atoms. The van der Waals surface area contributed by atoms with Gasteiger partial charge in [-0.2, -0.15) is 5.26 Å². The van der Waals surface area contributed by atoms with Gasteiger partial charge in [-0.3, -0.25) is 14.6 Å². The van der Waals surface area contributed by atoms with Gasteiger partial charge in [0.2, 0.25) is 0 Å². The van der Waals surface area contributed by atoms with Crippen LogP contribution >= 0.6 is 0 Å². The van der Waals surface area contributed by atoms with E-state index in [2.05, 4.69) is 4.98 Å². The Kier molecular flexibility index (Phi) is 3.78. The summed E-state index contributed by atoms with van der Waals surface area (Å²) in [6, 6.07) is 6.41. The molecule has 88 valence electrons. The summed E-state index contributed by atoms with van der Waals surface area (Å²) in [7, 11) is 0. The maximum Gasteiger partial charge on any atom is 0.305 e. The monoisotopic (exact) mass is 234 g/mol. The number of carbonyl (C=O) groups is 2. The molecule has 0 aromatic carbocycles. The first-order chi connectivity index (χ1) is 8.00. The summed E-state index contributed by atoms with van der Waals surface area (Å²) in [6.45, 7) is 0. The number of aliphatic carboxylic acids is 2. The first-order valence-corrected chi connectivity index (χ1v) is 4.76. The lowest BCUT2D eigenvalue weighted by molar-refractivity contribution is -0.140. The standard InChI is InChI=1S/C11H10N2O4/c12-7-11(5-9(14)15,6-10(16)17)8-3-1-2-4-13-8/h1-4H,5-6H2,(H,14,15)(H,16,17). The van der Waals surface area contributed by atoms with Gasteiger partial charge in [0.15, 0.2) is 0 Å². The van der Waals surface area contributed by atoms with Crippen molar-refractivity contribution >= 4 is 11.9 Å². The predicted molar refractivity (Wildman–Crippen MR) is 56.0 cm³/mol. The lowest BCUT2D eigenvalue weighted by Gasteiger charge is -2.21. The van der Waals surface area contributed by atoms with Crippen molar-refractivity contribution in [2.24, 2.45) is 0 Å². The van der Waals surface area contributed by atoms with Crippen molar-refractivity contribution in [3.05, 3.63) is 30.1 Å². The minimum atomic E-state index is -1.63. The van der Waals surface area contributed by atoms with E-state index >= 15 is 0 Å². The number of hydrogen-bond donors (Lipinski definition) is 2. The van der Waals surface area contributed by atoms with E-state index in [1.165, 1.54) is 12.3 Å². The molecule has 6 heteroatoms. The maximum absolute atomic E-state index is 10.8. The zero-order chi connectivity index (χ0) is 12.9. The number of carboxylic acids is 2. The molecule has 0 aliphatic carbocycles. The zero-order valence-electron chi connectivity index (χ0n) is 8.83. The molecule has 0 radical (unpaired) electrons. The van der Waals surface area contributed by atoms with Crippen LogP contribution in [0.1, 0.15) is 18.5 Å². The van der Waals surface area contributed by atoms with Gasteiger partial charge in [-0.15, -0.1) is 0 Å². The van der Waals surface area contributed by atoms with E-state index in [4.69, 9.17) is 15.5 Å². The van der Waals surface area contributed by atoms with Crippen LogP contribution in [0.2, 0.25) is 0 Å². The minimum absolute atomic E-state index is 0.160. The normalized spacial score (nSPS) is 10.5. The fraction of sp³-hybridized carbons (Fsp3) is 0.273. The van der Waals surface area contributed by atoms with Crippen LogP contribution in [0.5, 0.6) is 0 Å². The largest absolute Gasteiger partial charge is 0.481 e. The van der Waals surface area contributed by atoms with E-state index in [1.54, 1.807) is 18.2 Å². The van der Waals surface area contributed by atoms with Crippen LogP contribution in [-0.4, -0.2) is 27.1 Å². The van der Waals surface area contributed by atoms with Crippen molar-refractivity contribution in [3.63, 3.8) is 0 Å². The molecular formula is C11H10N2O4. The fourth-order valence-corrected chi connectivity index (χ4v) is 1.54. The van der Waals surface area contributed by atoms with Crippen LogP contribution in [-0.2, 0) is 15.0 Å². The Morgan fingerprint density at radius 1 is 1.29 bits per heavy atom. The van der Waals surface area contributed by atoms with Crippen molar-refractivity contribution in [3.8, 4) is 6.07 Å². The molecule has 17 heavy (non-hydrogen) atoms. The maximum atomic E-state index is 10.8. The number of carboxylic acid groups (broad SMARTS) is 2. The number of nitriles is 1. The first kappa shape index (κ1) is 12.6. The van der Waals surface area contributed by atoms with Gasteiger partial charge >= 0.3 is 11.9 Å². The van der Waals surface area contributed by atoms with E-state index in [-0.39, 0.29) is 5.69 Å². The summed E-state index contributed by atoms with van der Waals surface area (Å²) in [6.07, 6.45) is 0.213. The summed E-state index contributed by atoms with van der Waals surface area (Å²) in [5, 5.41) is 26.7. The molecule has 0 aliphatic heterocycles. The fourth-order valence-electron chi connectivity index (χ4n) is 1.54. The zero-order valence-corrected chi connectivity index (χ0v) is 8.83.